The largest absolute Gasteiger partial charge is 0.573 e. The minimum absolute atomic E-state index is 0.0561. The Kier molecular flexibility index (Phi) is 3.62. The van der Waals surface area contributed by atoms with Gasteiger partial charge in [0.2, 0.25) is 0 Å². The normalized spacial score (nSPS) is 11.6. The number of alkyl halides is 3. The molecule has 0 unspecified atom stereocenters. The second-order valence-corrected chi connectivity index (χ2v) is 4.26. The number of hydrogen-bond donors (Lipinski definition) is 0. The van der Waals surface area contributed by atoms with E-state index in [1.54, 1.807) is 22.6 Å². The topological polar surface area (TPSA) is 9.23 Å². The molecule has 1 nitrogen and oxygen atoms in total. The van der Waals surface area contributed by atoms with E-state index in [2.05, 4.69) is 20.7 Å². The third kappa shape index (κ3) is 3.26. The molecule has 7 heteroatoms. The molecule has 0 amide bonds. The Morgan fingerprint density at radius 1 is 1.29 bits per heavy atom. The average Bonchev–Trinajstić information content (AvgIpc) is 1.97. The molecule has 0 aliphatic carbocycles. The standard InChI is InChI=1S/C7H2BrF4IO/c8-3-1-5(13)4(9)2-6(3)14-7(10,11)12/h1-2H. The number of halogens is 6. The molecule has 1 aromatic rings. The Morgan fingerprint density at radius 3 is 2.36 bits per heavy atom. The monoisotopic (exact) mass is 384 g/mol. The van der Waals surface area contributed by atoms with Gasteiger partial charge in [0, 0.05) is 6.07 Å². The molecule has 0 atom stereocenters. The molecule has 1 aromatic carbocycles. The van der Waals surface area contributed by atoms with Crippen LogP contribution < -0.4 is 4.74 Å². The van der Waals surface area contributed by atoms with Gasteiger partial charge in [-0.3, -0.25) is 0 Å². The molecule has 0 spiro atoms. The summed E-state index contributed by atoms with van der Waals surface area (Å²) in [6.45, 7) is 0. The molecule has 0 radical (unpaired) electrons. The second-order valence-electron chi connectivity index (χ2n) is 2.24. The number of hydrogen-bond acceptors (Lipinski definition) is 1. The van der Waals surface area contributed by atoms with Crippen molar-refractivity contribution in [2.24, 2.45) is 0 Å². The van der Waals surface area contributed by atoms with Crippen LogP contribution in [0.1, 0.15) is 0 Å². The van der Waals surface area contributed by atoms with Gasteiger partial charge in [-0.15, -0.1) is 13.2 Å². The van der Waals surface area contributed by atoms with Crippen LogP contribution in [0.25, 0.3) is 0 Å². The molecule has 0 saturated heterocycles. The van der Waals surface area contributed by atoms with Crippen LogP contribution in [0.5, 0.6) is 5.75 Å². The van der Waals surface area contributed by atoms with Crippen molar-refractivity contribution in [2.45, 2.75) is 6.36 Å². The predicted molar refractivity (Wildman–Crippen MR) is 53.5 cm³/mol. The van der Waals surface area contributed by atoms with Crippen molar-refractivity contribution in [3.05, 3.63) is 26.0 Å². The summed E-state index contributed by atoms with van der Waals surface area (Å²) in [5, 5.41) is 0. The van der Waals surface area contributed by atoms with E-state index in [9.17, 15) is 17.6 Å². The van der Waals surface area contributed by atoms with E-state index < -0.39 is 17.9 Å². The summed E-state index contributed by atoms with van der Waals surface area (Å²) in [6.07, 6.45) is -4.82. The van der Waals surface area contributed by atoms with Gasteiger partial charge in [-0.1, -0.05) is 0 Å². The zero-order valence-corrected chi connectivity index (χ0v) is 10.1. The van der Waals surface area contributed by atoms with Crippen LogP contribution in [0.15, 0.2) is 16.6 Å². The first kappa shape index (κ1) is 12.0. The van der Waals surface area contributed by atoms with E-state index in [-0.39, 0.29) is 8.04 Å². The van der Waals surface area contributed by atoms with Gasteiger partial charge in [-0.05, 0) is 44.6 Å². The highest BCUT2D eigenvalue weighted by Crippen LogP contribution is 2.32. The maximum atomic E-state index is 12.9. The second kappa shape index (κ2) is 4.21. The number of rotatable bonds is 1. The van der Waals surface area contributed by atoms with Gasteiger partial charge < -0.3 is 4.74 Å². The Balaban J connectivity index is 3.04. The molecule has 14 heavy (non-hydrogen) atoms. The van der Waals surface area contributed by atoms with E-state index in [4.69, 9.17) is 0 Å². The molecule has 0 aromatic heterocycles. The summed E-state index contributed by atoms with van der Waals surface area (Å²) >= 11 is 4.50. The zero-order valence-electron chi connectivity index (χ0n) is 6.33. The van der Waals surface area contributed by atoms with Gasteiger partial charge in [0.25, 0.3) is 0 Å². The zero-order chi connectivity index (χ0) is 10.9. The fourth-order valence-electron chi connectivity index (χ4n) is 0.707. The summed E-state index contributed by atoms with van der Waals surface area (Å²) in [7, 11) is 0. The van der Waals surface area contributed by atoms with Crippen molar-refractivity contribution in [1.29, 1.82) is 0 Å². The summed E-state index contributed by atoms with van der Waals surface area (Å²) in [6, 6.07) is 1.89. The van der Waals surface area contributed by atoms with Crippen molar-refractivity contribution in [2.75, 3.05) is 0 Å². The molecule has 0 aliphatic heterocycles. The lowest BCUT2D eigenvalue weighted by Gasteiger charge is -2.10. The molecule has 1 rings (SSSR count). The SMILES string of the molecule is Fc1cc(OC(F)(F)F)c(Br)cc1I. The Labute approximate surface area is 98.7 Å². The highest BCUT2D eigenvalue weighted by molar-refractivity contribution is 14.1. The molecule has 0 heterocycles. The molecule has 0 bridgehead atoms. The highest BCUT2D eigenvalue weighted by Gasteiger charge is 2.32. The van der Waals surface area contributed by atoms with Crippen LogP contribution in [0, 0.1) is 9.39 Å². The van der Waals surface area contributed by atoms with Crippen molar-refractivity contribution in [3.8, 4) is 5.75 Å². The molecule has 0 fully saturated rings. The van der Waals surface area contributed by atoms with E-state index in [0.29, 0.717) is 6.07 Å². The van der Waals surface area contributed by atoms with E-state index in [0.717, 1.165) is 0 Å². The van der Waals surface area contributed by atoms with Crippen molar-refractivity contribution >= 4 is 38.5 Å². The molecular formula is C7H2BrF4IO. The van der Waals surface area contributed by atoms with Gasteiger partial charge in [0.1, 0.15) is 11.6 Å². The minimum Gasteiger partial charge on any atom is -0.404 e. The fraction of sp³-hybridized carbons (Fsp3) is 0.143. The molecule has 0 saturated carbocycles. The Bertz CT molecular complexity index is 352. The lowest BCUT2D eigenvalue weighted by molar-refractivity contribution is -0.275. The molecule has 0 aliphatic rings. The minimum atomic E-state index is -4.82. The maximum absolute atomic E-state index is 12.9. The lowest BCUT2D eigenvalue weighted by Crippen LogP contribution is -2.17. The molecule has 78 valence electrons. The molecular weight excluding hydrogens is 383 g/mol. The highest BCUT2D eigenvalue weighted by atomic mass is 127. The van der Waals surface area contributed by atoms with Gasteiger partial charge in [-0.2, -0.15) is 0 Å². The van der Waals surface area contributed by atoms with Crippen LogP contribution in [-0.4, -0.2) is 6.36 Å². The smallest absolute Gasteiger partial charge is 0.404 e. The molecule has 0 N–H and O–H groups in total. The van der Waals surface area contributed by atoms with Crippen LogP contribution in [0.2, 0.25) is 0 Å². The summed E-state index contributed by atoms with van der Waals surface area (Å²) in [4.78, 5) is 0. The van der Waals surface area contributed by atoms with E-state index in [1.165, 1.54) is 6.07 Å². The first-order valence-corrected chi connectivity index (χ1v) is 5.07. The Morgan fingerprint density at radius 2 is 1.86 bits per heavy atom. The van der Waals surface area contributed by atoms with Gasteiger partial charge >= 0.3 is 6.36 Å². The maximum Gasteiger partial charge on any atom is 0.573 e. The van der Waals surface area contributed by atoms with Crippen molar-refractivity contribution < 1.29 is 22.3 Å². The van der Waals surface area contributed by atoms with E-state index >= 15 is 0 Å². The number of ether oxygens (including phenoxy) is 1. The third-order valence-electron chi connectivity index (χ3n) is 1.20. The lowest BCUT2D eigenvalue weighted by atomic mass is 10.3. The van der Waals surface area contributed by atoms with Crippen molar-refractivity contribution in [1.82, 2.24) is 0 Å². The van der Waals surface area contributed by atoms with Gasteiger partial charge in [0.15, 0.2) is 0 Å². The average molecular weight is 385 g/mol. The van der Waals surface area contributed by atoms with Gasteiger partial charge in [-0.25, -0.2) is 4.39 Å². The summed E-state index contributed by atoms with van der Waals surface area (Å²) in [5.41, 5.74) is 0. The van der Waals surface area contributed by atoms with Gasteiger partial charge in [0.05, 0.1) is 8.04 Å². The fourth-order valence-corrected chi connectivity index (χ4v) is 2.03. The number of benzene rings is 1. The predicted octanol–water partition coefficient (Wildman–Crippen LogP) is 4.09. The van der Waals surface area contributed by atoms with Crippen LogP contribution in [0.4, 0.5) is 17.6 Å². The van der Waals surface area contributed by atoms with Crippen LogP contribution in [-0.2, 0) is 0 Å². The Hall–Kier alpha value is -0.0500. The van der Waals surface area contributed by atoms with Crippen LogP contribution >= 0.6 is 38.5 Å². The third-order valence-corrected chi connectivity index (χ3v) is 2.65. The summed E-state index contributed by atoms with van der Waals surface area (Å²) in [5.74, 6) is -1.34. The van der Waals surface area contributed by atoms with Crippen molar-refractivity contribution in [3.63, 3.8) is 0 Å². The quantitative estimate of drug-likeness (QED) is 0.402. The first-order valence-electron chi connectivity index (χ1n) is 3.20. The van der Waals surface area contributed by atoms with E-state index in [1.807, 2.05) is 0 Å². The van der Waals surface area contributed by atoms with Crippen LogP contribution in [0.3, 0.4) is 0 Å². The first-order chi connectivity index (χ1) is 6.29. The summed E-state index contributed by atoms with van der Waals surface area (Å²) < 4.78 is 52.1.